The van der Waals surface area contributed by atoms with Crippen molar-refractivity contribution in [2.45, 2.75) is 6.92 Å². The first-order chi connectivity index (χ1) is 8.56. The summed E-state index contributed by atoms with van der Waals surface area (Å²) in [4.78, 5) is 12.1. The van der Waals surface area contributed by atoms with E-state index in [0.717, 1.165) is 16.0 Å². The van der Waals surface area contributed by atoms with Crippen molar-refractivity contribution in [2.24, 2.45) is 0 Å². The molecular formula is C13H13NO3S. The summed E-state index contributed by atoms with van der Waals surface area (Å²) in [6.45, 7) is 1.82. The number of nitrogens with two attached hydrogens (primary N) is 1. The molecule has 5 heteroatoms. The molecule has 0 spiro atoms. The fourth-order valence-corrected chi connectivity index (χ4v) is 2.87. The van der Waals surface area contributed by atoms with Gasteiger partial charge in [0.05, 0.1) is 12.8 Å². The van der Waals surface area contributed by atoms with E-state index < -0.39 is 5.97 Å². The van der Waals surface area contributed by atoms with Crippen LogP contribution in [-0.2, 0) is 0 Å². The minimum atomic E-state index is -0.998. The Hall–Kier alpha value is -2.01. The molecule has 2 aromatic rings. The van der Waals surface area contributed by atoms with Crippen molar-refractivity contribution in [1.82, 2.24) is 0 Å². The Balaban J connectivity index is 2.65. The number of hydrogen-bond acceptors (Lipinski definition) is 4. The van der Waals surface area contributed by atoms with Crippen LogP contribution >= 0.6 is 11.3 Å². The second-order valence-corrected chi connectivity index (χ2v) is 4.83. The average Bonchev–Trinajstić information content (AvgIpc) is 2.66. The van der Waals surface area contributed by atoms with E-state index in [4.69, 9.17) is 15.6 Å². The van der Waals surface area contributed by atoms with Crippen molar-refractivity contribution in [3.05, 3.63) is 34.7 Å². The molecule has 0 saturated carbocycles. The molecule has 0 aliphatic carbocycles. The second-order valence-electron chi connectivity index (χ2n) is 3.80. The Morgan fingerprint density at radius 1 is 1.39 bits per heavy atom. The zero-order chi connectivity index (χ0) is 13.3. The van der Waals surface area contributed by atoms with Gasteiger partial charge >= 0.3 is 5.97 Å². The highest BCUT2D eigenvalue weighted by Crippen LogP contribution is 2.41. The summed E-state index contributed by atoms with van der Waals surface area (Å²) >= 11 is 1.17. The largest absolute Gasteiger partial charge is 0.496 e. The van der Waals surface area contributed by atoms with Crippen LogP contribution < -0.4 is 10.5 Å². The smallest absolute Gasteiger partial charge is 0.348 e. The normalized spacial score (nSPS) is 10.3. The number of thiophene rings is 1. The number of nitrogen functional groups attached to an aromatic ring is 1. The SMILES string of the molecule is COc1ccccc1-c1sc(C(=O)O)c(N)c1C. The van der Waals surface area contributed by atoms with Gasteiger partial charge in [-0.25, -0.2) is 4.79 Å². The van der Waals surface area contributed by atoms with Gasteiger partial charge in [0, 0.05) is 10.4 Å². The number of rotatable bonds is 3. The maximum Gasteiger partial charge on any atom is 0.348 e. The highest BCUT2D eigenvalue weighted by Gasteiger charge is 2.20. The van der Waals surface area contributed by atoms with Gasteiger partial charge in [0.1, 0.15) is 10.6 Å². The van der Waals surface area contributed by atoms with Crippen LogP contribution in [0, 0.1) is 6.92 Å². The molecule has 1 aromatic carbocycles. The van der Waals surface area contributed by atoms with Crippen molar-refractivity contribution < 1.29 is 14.6 Å². The molecule has 3 N–H and O–H groups in total. The van der Waals surface area contributed by atoms with Crippen LogP contribution in [0.4, 0.5) is 5.69 Å². The van der Waals surface area contributed by atoms with Crippen molar-refractivity contribution >= 4 is 23.0 Å². The predicted octanol–water partition coefficient (Wildman–Crippen LogP) is 3.01. The van der Waals surface area contributed by atoms with Crippen molar-refractivity contribution in [1.29, 1.82) is 0 Å². The Morgan fingerprint density at radius 3 is 2.61 bits per heavy atom. The van der Waals surface area contributed by atoms with Crippen LogP contribution in [0.1, 0.15) is 15.2 Å². The summed E-state index contributed by atoms with van der Waals surface area (Å²) in [5.41, 5.74) is 7.79. The molecule has 0 amide bonds. The summed E-state index contributed by atoms with van der Waals surface area (Å²) in [6.07, 6.45) is 0. The minimum Gasteiger partial charge on any atom is -0.496 e. The molecule has 0 atom stereocenters. The number of carbonyl (C=O) groups is 1. The average molecular weight is 263 g/mol. The van der Waals surface area contributed by atoms with Crippen LogP contribution in [0.15, 0.2) is 24.3 Å². The van der Waals surface area contributed by atoms with Crippen LogP contribution in [-0.4, -0.2) is 18.2 Å². The summed E-state index contributed by atoms with van der Waals surface area (Å²) in [5.74, 6) is -0.291. The maximum atomic E-state index is 11.1. The molecule has 94 valence electrons. The van der Waals surface area contributed by atoms with Gasteiger partial charge in [-0.2, -0.15) is 0 Å². The topological polar surface area (TPSA) is 72.5 Å². The van der Waals surface area contributed by atoms with Crippen LogP contribution in [0.3, 0.4) is 0 Å². The quantitative estimate of drug-likeness (QED) is 0.892. The van der Waals surface area contributed by atoms with Crippen molar-refractivity contribution in [3.8, 4) is 16.2 Å². The lowest BCUT2D eigenvalue weighted by Gasteiger charge is -2.07. The number of carboxylic acid groups (broad SMARTS) is 1. The molecule has 0 bridgehead atoms. The monoisotopic (exact) mass is 263 g/mol. The van der Waals surface area contributed by atoms with Gasteiger partial charge in [0.15, 0.2) is 0 Å². The summed E-state index contributed by atoms with van der Waals surface area (Å²) < 4.78 is 5.28. The lowest BCUT2D eigenvalue weighted by molar-refractivity contribution is 0.0703. The molecule has 0 saturated heterocycles. The number of methoxy groups -OCH3 is 1. The number of anilines is 1. The fourth-order valence-electron chi connectivity index (χ4n) is 1.77. The van der Waals surface area contributed by atoms with E-state index >= 15 is 0 Å². The lowest BCUT2D eigenvalue weighted by atomic mass is 10.1. The third kappa shape index (κ3) is 1.93. The molecule has 1 heterocycles. The van der Waals surface area contributed by atoms with Crippen LogP contribution in [0.25, 0.3) is 10.4 Å². The Bertz CT molecular complexity index is 604. The molecule has 4 nitrogen and oxygen atoms in total. The first-order valence-electron chi connectivity index (χ1n) is 5.31. The van der Waals surface area contributed by atoms with Gasteiger partial charge in [-0.3, -0.25) is 0 Å². The number of ether oxygens (including phenoxy) is 1. The third-order valence-corrected chi connectivity index (χ3v) is 4.07. The highest BCUT2D eigenvalue weighted by molar-refractivity contribution is 7.18. The van der Waals surface area contributed by atoms with E-state index in [2.05, 4.69) is 0 Å². The zero-order valence-corrected chi connectivity index (χ0v) is 10.9. The van der Waals surface area contributed by atoms with E-state index in [1.54, 1.807) is 7.11 Å². The van der Waals surface area contributed by atoms with Gasteiger partial charge in [-0.05, 0) is 24.6 Å². The van der Waals surface area contributed by atoms with Crippen LogP contribution in [0.2, 0.25) is 0 Å². The molecule has 0 aliphatic heterocycles. The first-order valence-corrected chi connectivity index (χ1v) is 6.13. The maximum absolute atomic E-state index is 11.1. The molecule has 1 aromatic heterocycles. The molecule has 2 rings (SSSR count). The van der Waals surface area contributed by atoms with E-state index in [9.17, 15) is 4.79 Å². The van der Waals surface area contributed by atoms with Gasteiger partial charge in [-0.15, -0.1) is 11.3 Å². The lowest BCUT2D eigenvalue weighted by Crippen LogP contribution is -1.97. The first kappa shape index (κ1) is 12.4. The van der Waals surface area contributed by atoms with E-state index in [1.807, 2.05) is 31.2 Å². The standard InChI is InChI=1S/C13H13NO3S/c1-7-10(14)12(13(15)16)18-11(7)8-5-3-4-6-9(8)17-2/h3-6H,14H2,1-2H3,(H,15,16). The Morgan fingerprint density at radius 2 is 2.06 bits per heavy atom. The number of carboxylic acids is 1. The predicted molar refractivity (Wildman–Crippen MR) is 72.4 cm³/mol. The van der Waals surface area contributed by atoms with Gasteiger partial charge < -0.3 is 15.6 Å². The molecular weight excluding hydrogens is 250 g/mol. The van der Waals surface area contributed by atoms with Crippen molar-refractivity contribution in [3.63, 3.8) is 0 Å². The zero-order valence-electron chi connectivity index (χ0n) is 10.1. The second kappa shape index (κ2) is 4.70. The number of benzene rings is 1. The van der Waals surface area contributed by atoms with Gasteiger partial charge in [0.25, 0.3) is 0 Å². The summed E-state index contributed by atoms with van der Waals surface area (Å²) in [7, 11) is 1.59. The number of hydrogen-bond donors (Lipinski definition) is 2. The minimum absolute atomic E-state index is 0.174. The van der Waals surface area contributed by atoms with Crippen LogP contribution in [0.5, 0.6) is 5.75 Å². The third-order valence-electron chi connectivity index (χ3n) is 2.74. The summed E-state index contributed by atoms with van der Waals surface area (Å²) in [6, 6.07) is 7.48. The number of para-hydroxylation sites is 1. The highest BCUT2D eigenvalue weighted by atomic mass is 32.1. The Kier molecular flexibility index (Phi) is 3.25. The van der Waals surface area contributed by atoms with E-state index in [0.29, 0.717) is 11.4 Å². The van der Waals surface area contributed by atoms with Gasteiger partial charge in [0.2, 0.25) is 0 Å². The van der Waals surface area contributed by atoms with E-state index in [-0.39, 0.29) is 4.88 Å². The van der Waals surface area contributed by atoms with Gasteiger partial charge in [-0.1, -0.05) is 12.1 Å². The molecule has 0 fully saturated rings. The Labute approximate surface area is 109 Å². The fraction of sp³-hybridized carbons (Fsp3) is 0.154. The molecule has 0 radical (unpaired) electrons. The van der Waals surface area contributed by atoms with E-state index in [1.165, 1.54) is 11.3 Å². The van der Waals surface area contributed by atoms with Crippen molar-refractivity contribution in [2.75, 3.05) is 12.8 Å². The summed E-state index contributed by atoms with van der Waals surface area (Å²) in [5, 5.41) is 9.08. The molecule has 0 unspecified atom stereocenters. The molecule has 18 heavy (non-hydrogen) atoms. The number of aromatic carboxylic acids is 1. The molecule has 0 aliphatic rings.